The van der Waals surface area contributed by atoms with E-state index in [0.717, 1.165) is 36.9 Å². The Balaban J connectivity index is 1.46. The van der Waals surface area contributed by atoms with Crippen molar-refractivity contribution in [3.63, 3.8) is 0 Å². The predicted octanol–water partition coefficient (Wildman–Crippen LogP) is 2.19. The molecule has 28 heavy (non-hydrogen) atoms. The average molecular weight is 398 g/mol. The molecule has 1 heterocycles. The molecule has 3 N–H and O–H groups in total. The Morgan fingerprint density at radius 3 is 2.64 bits per heavy atom. The summed E-state index contributed by atoms with van der Waals surface area (Å²) >= 11 is 4.63. The highest BCUT2D eigenvalue weighted by Gasteiger charge is 2.30. The number of nitrogens with zero attached hydrogens (tertiary/aromatic N) is 2. The fourth-order valence-electron chi connectivity index (χ4n) is 3.50. The van der Waals surface area contributed by atoms with E-state index in [4.69, 9.17) is 0 Å². The summed E-state index contributed by atoms with van der Waals surface area (Å²) in [4.78, 5) is 24.1. The van der Waals surface area contributed by atoms with Gasteiger partial charge in [0, 0.05) is 5.92 Å². The first-order chi connectivity index (χ1) is 13.6. The Hall–Kier alpha value is -2.87. The molecule has 0 bridgehead atoms. The molecule has 0 aliphatic heterocycles. The summed E-state index contributed by atoms with van der Waals surface area (Å²) in [5.74, 6) is 0.696. The first-order valence-corrected chi connectivity index (χ1v) is 9.76. The van der Waals surface area contributed by atoms with Crippen LogP contribution in [0.4, 0.5) is 5.82 Å². The van der Waals surface area contributed by atoms with Crippen LogP contribution in [0.25, 0.3) is 0 Å². The molecule has 2 amide bonds. The summed E-state index contributed by atoms with van der Waals surface area (Å²) in [6.45, 7) is 0. The molecule has 1 aromatic heterocycles. The van der Waals surface area contributed by atoms with Crippen LogP contribution in [-0.2, 0) is 22.4 Å². The van der Waals surface area contributed by atoms with E-state index in [9.17, 15) is 9.59 Å². The van der Waals surface area contributed by atoms with Gasteiger partial charge in [-0.1, -0.05) is 42.5 Å². The molecule has 0 radical (unpaired) electrons. The molecular weight excluding hydrogens is 374 g/mol. The van der Waals surface area contributed by atoms with Crippen molar-refractivity contribution in [3.05, 3.63) is 53.7 Å². The van der Waals surface area contributed by atoms with E-state index in [1.54, 1.807) is 6.07 Å². The van der Waals surface area contributed by atoms with E-state index in [1.165, 1.54) is 5.49 Å². The second-order valence-corrected chi connectivity index (χ2v) is 7.19. The molecule has 0 saturated heterocycles. The predicted molar refractivity (Wildman–Crippen MR) is 110 cm³/mol. The Kier molecular flexibility index (Phi) is 7.02. The van der Waals surface area contributed by atoms with Crippen LogP contribution in [0.3, 0.4) is 0 Å². The van der Waals surface area contributed by atoms with Crippen molar-refractivity contribution in [1.82, 2.24) is 21.0 Å². The van der Waals surface area contributed by atoms with Crippen molar-refractivity contribution in [1.29, 1.82) is 0 Å². The van der Waals surface area contributed by atoms with Gasteiger partial charge in [0.15, 0.2) is 5.82 Å². The third kappa shape index (κ3) is 5.82. The molecule has 1 saturated carbocycles. The normalized spacial score (nSPS) is 18.3. The molecule has 8 heteroatoms. The standard InChI is InChI=1S/C20H23N5O2S/c26-19(12-14-4-2-1-3-5-14)22-18-9-8-17(23-24-18)11-15-6-7-16(10-15)20(27)25-21-13-28/h1-5,8-9,13,15-16H,6-7,10-12H2,(H,21,28)(H,25,27)(H,22,24,26). The number of anilines is 1. The smallest absolute Gasteiger partial charge is 0.241 e. The largest absolute Gasteiger partial charge is 0.309 e. The number of rotatable bonds is 8. The van der Waals surface area contributed by atoms with E-state index >= 15 is 0 Å². The maximum Gasteiger partial charge on any atom is 0.241 e. The topological polar surface area (TPSA) is 96.0 Å². The van der Waals surface area contributed by atoms with Gasteiger partial charge in [0.2, 0.25) is 11.8 Å². The molecule has 1 aliphatic rings. The number of amides is 2. The Labute approximate surface area is 169 Å². The van der Waals surface area contributed by atoms with Crippen molar-refractivity contribution >= 4 is 35.3 Å². The van der Waals surface area contributed by atoms with Crippen molar-refractivity contribution in [2.24, 2.45) is 11.8 Å². The number of carbonyl (C=O) groups is 2. The molecule has 3 rings (SSSR count). The highest BCUT2D eigenvalue weighted by Crippen LogP contribution is 2.33. The number of hydrazine groups is 1. The highest BCUT2D eigenvalue weighted by atomic mass is 32.1. The summed E-state index contributed by atoms with van der Waals surface area (Å²) in [7, 11) is 0. The van der Waals surface area contributed by atoms with Crippen LogP contribution in [0.1, 0.15) is 30.5 Å². The van der Waals surface area contributed by atoms with E-state index in [0.29, 0.717) is 18.2 Å². The Morgan fingerprint density at radius 1 is 1.11 bits per heavy atom. The molecule has 2 aromatic rings. The lowest BCUT2D eigenvalue weighted by Gasteiger charge is -2.11. The monoisotopic (exact) mass is 397 g/mol. The highest BCUT2D eigenvalue weighted by molar-refractivity contribution is 7.78. The van der Waals surface area contributed by atoms with Crippen molar-refractivity contribution in [2.75, 3.05) is 5.32 Å². The summed E-state index contributed by atoms with van der Waals surface area (Å²) in [6, 6.07) is 13.2. The lowest BCUT2D eigenvalue weighted by molar-refractivity contribution is -0.125. The second kappa shape index (κ2) is 9.89. The van der Waals surface area contributed by atoms with Gasteiger partial charge in [0.1, 0.15) is 0 Å². The van der Waals surface area contributed by atoms with Gasteiger partial charge >= 0.3 is 0 Å². The minimum Gasteiger partial charge on any atom is -0.309 e. The zero-order valence-electron chi connectivity index (χ0n) is 15.4. The van der Waals surface area contributed by atoms with Gasteiger partial charge in [-0.05, 0) is 49.3 Å². The number of aromatic nitrogens is 2. The number of carbonyl (C=O) groups excluding carboxylic acids is 2. The maximum atomic E-state index is 12.1. The Morgan fingerprint density at radius 2 is 1.93 bits per heavy atom. The summed E-state index contributed by atoms with van der Waals surface area (Å²) in [5.41, 5.74) is 8.24. The molecule has 2 unspecified atom stereocenters. The second-order valence-electron chi connectivity index (χ2n) is 6.95. The van der Waals surface area contributed by atoms with E-state index < -0.39 is 0 Å². The molecule has 1 aromatic carbocycles. The fourth-order valence-corrected chi connectivity index (χ4v) is 3.56. The molecule has 2 atom stereocenters. The molecule has 0 spiro atoms. The van der Waals surface area contributed by atoms with Crippen molar-refractivity contribution in [2.45, 2.75) is 32.1 Å². The number of hydrogen-bond donors (Lipinski definition) is 3. The first-order valence-electron chi connectivity index (χ1n) is 9.29. The molecule has 1 aliphatic carbocycles. The Bertz CT molecular complexity index is 813. The van der Waals surface area contributed by atoms with Crippen molar-refractivity contribution in [3.8, 4) is 0 Å². The first kappa shape index (κ1) is 19.9. The molecule has 1 fully saturated rings. The van der Waals surface area contributed by atoms with Gasteiger partial charge in [0.05, 0.1) is 17.6 Å². The quantitative estimate of drug-likeness (QED) is 0.467. The molecule has 146 valence electrons. The SMILES string of the molecule is O=C(Cc1ccccc1)Nc1ccc(CC2CCC(C(=O)NNC=S)C2)nn1. The zero-order chi connectivity index (χ0) is 19.8. The van der Waals surface area contributed by atoms with E-state index in [-0.39, 0.29) is 17.7 Å². The lowest BCUT2D eigenvalue weighted by Crippen LogP contribution is -2.39. The van der Waals surface area contributed by atoms with Crippen LogP contribution in [0.15, 0.2) is 42.5 Å². The lowest BCUT2D eigenvalue weighted by atomic mass is 9.99. The van der Waals surface area contributed by atoms with Crippen LogP contribution >= 0.6 is 12.2 Å². The zero-order valence-corrected chi connectivity index (χ0v) is 16.2. The number of hydrogen-bond acceptors (Lipinski definition) is 5. The third-order valence-corrected chi connectivity index (χ3v) is 4.98. The van der Waals surface area contributed by atoms with Gasteiger partial charge in [-0.15, -0.1) is 5.10 Å². The van der Waals surface area contributed by atoms with E-state index in [1.807, 2.05) is 36.4 Å². The van der Waals surface area contributed by atoms with Gasteiger partial charge in [-0.25, -0.2) is 0 Å². The maximum absolute atomic E-state index is 12.1. The summed E-state index contributed by atoms with van der Waals surface area (Å²) < 4.78 is 0. The minimum absolute atomic E-state index is 0.00282. The van der Waals surface area contributed by atoms with Gasteiger partial charge in [0.25, 0.3) is 0 Å². The third-order valence-electron chi connectivity index (χ3n) is 4.86. The van der Waals surface area contributed by atoms with Crippen LogP contribution < -0.4 is 16.2 Å². The van der Waals surface area contributed by atoms with E-state index in [2.05, 4.69) is 38.6 Å². The van der Waals surface area contributed by atoms with Crippen LogP contribution in [0.5, 0.6) is 0 Å². The van der Waals surface area contributed by atoms with Crippen LogP contribution in [-0.4, -0.2) is 27.5 Å². The number of thiocarbonyl (C=S) groups is 1. The van der Waals surface area contributed by atoms with Crippen LogP contribution in [0.2, 0.25) is 0 Å². The summed E-state index contributed by atoms with van der Waals surface area (Å²) in [5, 5.41) is 11.1. The summed E-state index contributed by atoms with van der Waals surface area (Å²) in [6.07, 6.45) is 3.73. The van der Waals surface area contributed by atoms with Gasteiger partial charge < -0.3 is 5.32 Å². The van der Waals surface area contributed by atoms with Crippen LogP contribution in [0, 0.1) is 11.8 Å². The van der Waals surface area contributed by atoms with Gasteiger partial charge in [-0.2, -0.15) is 5.10 Å². The molecular formula is C20H23N5O2S. The molecule has 7 nitrogen and oxygen atoms in total. The minimum atomic E-state index is -0.122. The number of benzene rings is 1. The fraction of sp³-hybridized carbons (Fsp3) is 0.350. The average Bonchev–Trinajstić information content (AvgIpc) is 3.17. The van der Waals surface area contributed by atoms with Gasteiger partial charge in [-0.3, -0.25) is 20.4 Å². The number of nitrogens with one attached hydrogen (secondary N) is 3. The van der Waals surface area contributed by atoms with Crippen molar-refractivity contribution < 1.29 is 9.59 Å².